The number of nitrogens with zero attached hydrogens (tertiary/aromatic N) is 1. The van der Waals surface area contributed by atoms with E-state index in [2.05, 4.69) is 46.9 Å². The van der Waals surface area contributed by atoms with Crippen LogP contribution in [0.2, 0.25) is 0 Å². The predicted molar refractivity (Wildman–Crippen MR) is 88.2 cm³/mol. The van der Waals surface area contributed by atoms with Gasteiger partial charge in [-0.3, -0.25) is 0 Å². The van der Waals surface area contributed by atoms with E-state index in [0.717, 1.165) is 18.8 Å². The van der Waals surface area contributed by atoms with Gasteiger partial charge in [0, 0.05) is 19.1 Å². The summed E-state index contributed by atoms with van der Waals surface area (Å²) in [6.07, 6.45) is 4.79. The molecule has 3 heteroatoms. The summed E-state index contributed by atoms with van der Waals surface area (Å²) < 4.78 is 0. The molecule has 0 heterocycles. The van der Waals surface area contributed by atoms with Gasteiger partial charge < -0.3 is 10.2 Å². The second-order valence-electron chi connectivity index (χ2n) is 8.70. The maximum Gasteiger partial charge on any atom is 0.317 e. The summed E-state index contributed by atoms with van der Waals surface area (Å²) in [5, 5.41) is 3.35. The van der Waals surface area contributed by atoms with Gasteiger partial charge in [0.1, 0.15) is 0 Å². The first kappa shape index (κ1) is 16.6. The van der Waals surface area contributed by atoms with Crippen LogP contribution in [0.15, 0.2) is 0 Å². The third-order valence-electron chi connectivity index (χ3n) is 6.89. The van der Waals surface area contributed by atoms with Crippen LogP contribution in [0.3, 0.4) is 0 Å². The Kier molecular flexibility index (Phi) is 4.34. The zero-order valence-corrected chi connectivity index (χ0v) is 15.0. The number of carbonyl (C=O) groups excluding carboxylic acids is 1. The molecule has 1 N–H and O–H groups in total. The van der Waals surface area contributed by atoms with Crippen LogP contribution >= 0.6 is 0 Å². The fraction of sp³-hybridized carbons (Fsp3) is 0.944. The van der Waals surface area contributed by atoms with Gasteiger partial charge >= 0.3 is 6.03 Å². The Morgan fingerprint density at radius 1 is 1.29 bits per heavy atom. The van der Waals surface area contributed by atoms with Gasteiger partial charge in [-0.15, -0.1) is 0 Å². The number of rotatable bonds is 4. The van der Waals surface area contributed by atoms with Crippen molar-refractivity contribution in [1.82, 2.24) is 10.2 Å². The van der Waals surface area contributed by atoms with E-state index in [1.165, 1.54) is 12.8 Å². The van der Waals surface area contributed by atoms with Crippen molar-refractivity contribution in [2.24, 2.45) is 22.7 Å². The predicted octanol–water partition coefficient (Wildman–Crippen LogP) is 4.28. The van der Waals surface area contributed by atoms with Crippen LogP contribution in [0, 0.1) is 22.7 Å². The van der Waals surface area contributed by atoms with Crippen molar-refractivity contribution < 1.29 is 4.79 Å². The van der Waals surface area contributed by atoms with Gasteiger partial charge in [-0.25, -0.2) is 4.79 Å². The van der Waals surface area contributed by atoms with Crippen molar-refractivity contribution in [1.29, 1.82) is 0 Å². The van der Waals surface area contributed by atoms with E-state index in [4.69, 9.17) is 0 Å². The van der Waals surface area contributed by atoms with Crippen LogP contribution in [0.1, 0.15) is 67.2 Å². The minimum absolute atomic E-state index is 0.109. The highest BCUT2D eigenvalue weighted by molar-refractivity contribution is 5.74. The molecule has 4 atom stereocenters. The quantitative estimate of drug-likeness (QED) is 0.824. The van der Waals surface area contributed by atoms with Crippen LogP contribution in [0.5, 0.6) is 0 Å². The number of nitrogens with one attached hydrogen (secondary N) is 1. The lowest BCUT2D eigenvalue weighted by molar-refractivity contribution is 0.116. The maximum atomic E-state index is 12.6. The molecule has 0 aromatic carbocycles. The first-order valence-corrected chi connectivity index (χ1v) is 8.63. The van der Waals surface area contributed by atoms with Crippen molar-refractivity contribution in [3.05, 3.63) is 0 Å². The second-order valence-corrected chi connectivity index (χ2v) is 8.70. The van der Waals surface area contributed by atoms with Crippen molar-refractivity contribution in [2.45, 2.75) is 79.3 Å². The van der Waals surface area contributed by atoms with Crippen LogP contribution in [0.4, 0.5) is 4.79 Å². The van der Waals surface area contributed by atoms with Gasteiger partial charge in [-0.2, -0.15) is 0 Å². The topological polar surface area (TPSA) is 32.3 Å². The zero-order valence-electron chi connectivity index (χ0n) is 15.0. The molecule has 21 heavy (non-hydrogen) atoms. The summed E-state index contributed by atoms with van der Waals surface area (Å²) in [6.45, 7) is 13.7. The van der Waals surface area contributed by atoms with Crippen molar-refractivity contribution in [3.8, 4) is 0 Å². The SMILES string of the molecule is CC(C)C[C@H](C)N(C)C(=O)N[C@@H]1C[C@H]2CC[C@@]1(C)C2(C)C. The van der Waals surface area contributed by atoms with E-state index in [-0.39, 0.29) is 11.4 Å². The van der Waals surface area contributed by atoms with Gasteiger partial charge in [-0.05, 0) is 55.3 Å². The Balaban J connectivity index is 1.98. The highest BCUT2D eigenvalue weighted by atomic mass is 16.2. The molecule has 0 spiro atoms. The third kappa shape index (κ3) is 2.68. The normalized spacial score (nSPS) is 35.0. The molecule has 2 saturated carbocycles. The molecule has 3 nitrogen and oxygen atoms in total. The number of hydrogen-bond acceptors (Lipinski definition) is 1. The molecule has 2 aliphatic carbocycles. The molecule has 0 unspecified atom stereocenters. The summed E-state index contributed by atoms with van der Waals surface area (Å²) in [7, 11) is 1.93. The maximum absolute atomic E-state index is 12.6. The monoisotopic (exact) mass is 294 g/mol. The molecule has 0 saturated heterocycles. The summed E-state index contributed by atoms with van der Waals surface area (Å²) in [4.78, 5) is 14.5. The van der Waals surface area contributed by atoms with Crippen molar-refractivity contribution >= 4 is 6.03 Å². The van der Waals surface area contributed by atoms with Gasteiger partial charge in [-0.1, -0.05) is 34.6 Å². The van der Waals surface area contributed by atoms with Gasteiger partial charge in [0.15, 0.2) is 0 Å². The smallest absolute Gasteiger partial charge is 0.317 e. The largest absolute Gasteiger partial charge is 0.335 e. The lowest BCUT2D eigenvalue weighted by Gasteiger charge is -2.40. The minimum atomic E-state index is 0.109. The Hall–Kier alpha value is -0.730. The number of hydrogen-bond donors (Lipinski definition) is 1. The van der Waals surface area contributed by atoms with E-state index in [0.29, 0.717) is 23.4 Å². The molecule has 2 rings (SSSR count). The molecule has 2 fully saturated rings. The Morgan fingerprint density at radius 2 is 1.90 bits per heavy atom. The van der Waals surface area contributed by atoms with Gasteiger partial charge in [0.05, 0.1) is 0 Å². The van der Waals surface area contributed by atoms with E-state index in [1.807, 2.05) is 11.9 Å². The van der Waals surface area contributed by atoms with Gasteiger partial charge in [0.25, 0.3) is 0 Å². The van der Waals surface area contributed by atoms with Crippen molar-refractivity contribution in [2.75, 3.05) is 7.05 Å². The summed E-state index contributed by atoms with van der Waals surface area (Å²) in [6, 6.07) is 0.745. The molecular weight excluding hydrogens is 260 g/mol. The number of amides is 2. The molecular formula is C18H34N2O. The lowest BCUT2D eigenvalue weighted by atomic mass is 9.69. The molecule has 2 aliphatic rings. The summed E-state index contributed by atoms with van der Waals surface area (Å²) in [5.74, 6) is 1.39. The number of carbonyl (C=O) groups is 1. The van der Waals surface area contributed by atoms with E-state index in [9.17, 15) is 4.79 Å². The third-order valence-corrected chi connectivity index (χ3v) is 6.89. The average molecular weight is 294 g/mol. The zero-order chi connectivity index (χ0) is 16.0. The molecule has 122 valence electrons. The van der Waals surface area contributed by atoms with Crippen LogP contribution in [-0.4, -0.2) is 30.1 Å². The summed E-state index contributed by atoms with van der Waals surface area (Å²) in [5.41, 5.74) is 0.614. The average Bonchev–Trinajstić information content (AvgIpc) is 2.70. The lowest BCUT2D eigenvalue weighted by Crippen LogP contribution is -2.52. The standard InChI is InChI=1S/C18H34N2O/c1-12(2)10-13(3)20(7)16(21)19-15-11-14-8-9-18(15,6)17(14,4)5/h12-15H,8-11H2,1-7H3,(H,19,21)/t13-,14+,15+,18+/m0/s1. The number of urea groups is 1. The van der Waals surface area contributed by atoms with Crippen LogP contribution in [0.25, 0.3) is 0 Å². The fourth-order valence-electron chi connectivity index (χ4n) is 4.71. The Labute approximate surface area is 130 Å². The molecule has 2 bridgehead atoms. The van der Waals surface area contributed by atoms with Crippen LogP contribution in [-0.2, 0) is 0 Å². The van der Waals surface area contributed by atoms with E-state index in [1.54, 1.807) is 0 Å². The summed E-state index contributed by atoms with van der Waals surface area (Å²) >= 11 is 0. The Morgan fingerprint density at radius 3 is 2.33 bits per heavy atom. The minimum Gasteiger partial charge on any atom is -0.335 e. The first-order chi connectivity index (χ1) is 9.59. The molecule has 0 radical (unpaired) electrons. The van der Waals surface area contributed by atoms with E-state index >= 15 is 0 Å². The molecule has 0 aliphatic heterocycles. The number of fused-ring (bicyclic) bond motifs is 2. The highest BCUT2D eigenvalue weighted by Gasteiger charge is 2.61. The molecule has 0 aromatic rings. The second kappa shape index (κ2) is 5.48. The van der Waals surface area contributed by atoms with Crippen LogP contribution < -0.4 is 5.32 Å². The van der Waals surface area contributed by atoms with Gasteiger partial charge in [0.2, 0.25) is 0 Å². The fourth-order valence-corrected chi connectivity index (χ4v) is 4.71. The molecule has 2 amide bonds. The molecule has 0 aromatic heterocycles. The Bertz CT molecular complexity index is 404. The first-order valence-electron chi connectivity index (χ1n) is 8.63. The van der Waals surface area contributed by atoms with Crippen molar-refractivity contribution in [3.63, 3.8) is 0 Å². The van der Waals surface area contributed by atoms with E-state index < -0.39 is 0 Å². The highest BCUT2D eigenvalue weighted by Crippen LogP contribution is 2.65.